The summed E-state index contributed by atoms with van der Waals surface area (Å²) in [6.45, 7) is 5.90. The Morgan fingerprint density at radius 3 is 2.48 bits per heavy atom. The van der Waals surface area contributed by atoms with E-state index in [0.29, 0.717) is 32.3 Å². The predicted molar refractivity (Wildman–Crippen MR) is 107 cm³/mol. The minimum absolute atomic E-state index is 0.0525. The molecule has 0 bridgehead atoms. The number of hydrogen-bond donors (Lipinski definition) is 1. The predicted octanol–water partition coefficient (Wildman–Crippen LogP) is 2.70. The first kappa shape index (κ1) is 21.1. The number of hydrogen-bond acceptors (Lipinski definition) is 5. The second-order valence-electron chi connectivity index (χ2n) is 8.56. The SMILES string of the molecule is CC(C)(C)OC(=O)C1CC(OCC#Cc2ccc(C3CCC(=O)NC3=O)cc2)C1. The minimum atomic E-state index is -0.456. The fourth-order valence-electron chi connectivity index (χ4n) is 3.39. The highest BCUT2D eigenvalue weighted by atomic mass is 16.6. The molecule has 1 atom stereocenters. The number of rotatable bonds is 4. The van der Waals surface area contributed by atoms with E-state index in [-0.39, 0.29) is 35.7 Å². The lowest BCUT2D eigenvalue weighted by Gasteiger charge is -2.34. The number of ether oxygens (including phenoxy) is 2. The van der Waals surface area contributed by atoms with Crippen molar-refractivity contribution in [2.24, 2.45) is 5.92 Å². The Kier molecular flexibility index (Phi) is 6.39. The maximum Gasteiger partial charge on any atom is 0.309 e. The highest BCUT2D eigenvalue weighted by Gasteiger charge is 2.37. The quantitative estimate of drug-likeness (QED) is 0.480. The van der Waals surface area contributed by atoms with Crippen LogP contribution >= 0.6 is 0 Å². The van der Waals surface area contributed by atoms with E-state index in [0.717, 1.165) is 11.1 Å². The molecule has 1 aliphatic carbocycles. The smallest absolute Gasteiger partial charge is 0.309 e. The van der Waals surface area contributed by atoms with Crippen LogP contribution in [-0.4, -0.2) is 36.1 Å². The summed E-state index contributed by atoms with van der Waals surface area (Å²) < 4.78 is 11.1. The van der Waals surface area contributed by atoms with Crippen LogP contribution in [0.3, 0.4) is 0 Å². The number of amides is 2. The molecule has 1 saturated carbocycles. The molecule has 29 heavy (non-hydrogen) atoms. The van der Waals surface area contributed by atoms with Crippen molar-refractivity contribution in [3.63, 3.8) is 0 Å². The topological polar surface area (TPSA) is 81.7 Å². The third-order valence-electron chi connectivity index (χ3n) is 5.01. The summed E-state index contributed by atoms with van der Waals surface area (Å²) in [6, 6.07) is 7.49. The van der Waals surface area contributed by atoms with Crippen LogP contribution < -0.4 is 5.32 Å². The molecule has 1 N–H and O–H groups in total. The van der Waals surface area contributed by atoms with E-state index in [1.54, 1.807) is 0 Å². The lowest BCUT2D eigenvalue weighted by Crippen LogP contribution is -2.40. The van der Waals surface area contributed by atoms with E-state index in [4.69, 9.17) is 9.47 Å². The Bertz CT molecular complexity index is 835. The second kappa shape index (κ2) is 8.79. The molecule has 3 rings (SSSR count). The van der Waals surface area contributed by atoms with Gasteiger partial charge in [0.25, 0.3) is 0 Å². The first-order chi connectivity index (χ1) is 13.7. The average Bonchev–Trinajstić information content (AvgIpc) is 2.59. The second-order valence-corrected chi connectivity index (χ2v) is 8.56. The summed E-state index contributed by atoms with van der Waals surface area (Å²) in [4.78, 5) is 35.1. The summed E-state index contributed by atoms with van der Waals surface area (Å²) in [5, 5.41) is 2.38. The molecule has 6 nitrogen and oxygen atoms in total. The summed E-state index contributed by atoms with van der Waals surface area (Å²) in [5.41, 5.74) is 1.27. The van der Waals surface area contributed by atoms with Crippen LogP contribution in [0.2, 0.25) is 0 Å². The number of piperidine rings is 1. The molecule has 1 unspecified atom stereocenters. The van der Waals surface area contributed by atoms with E-state index in [2.05, 4.69) is 17.2 Å². The van der Waals surface area contributed by atoms with Gasteiger partial charge in [-0.15, -0.1) is 0 Å². The molecule has 0 aromatic heterocycles. The van der Waals surface area contributed by atoms with Crippen molar-refractivity contribution in [3.05, 3.63) is 35.4 Å². The Labute approximate surface area is 171 Å². The summed E-state index contributed by atoms with van der Waals surface area (Å²) in [7, 11) is 0. The van der Waals surface area contributed by atoms with Gasteiger partial charge in [0.15, 0.2) is 0 Å². The number of esters is 1. The number of nitrogens with one attached hydrogen (secondary N) is 1. The van der Waals surface area contributed by atoms with Gasteiger partial charge in [-0.3, -0.25) is 19.7 Å². The standard InChI is InChI=1S/C23H27NO5/c1-23(2,3)29-22(27)17-13-18(14-17)28-12-4-5-15-6-8-16(9-7-15)19-10-11-20(25)24-21(19)26/h6-9,17-19H,10-14H2,1-3H3,(H,24,25,26). The molecule has 1 aromatic rings. The third-order valence-corrected chi connectivity index (χ3v) is 5.01. The molecule has 154 valence electrons. The summed E-state index contributed by atoms with van der Waals surface area (Å²) in [6.07, 6.45) is 2.31. The molecule has 2 amide bonds. The first-order valence-corrected chi connectivity index (χ1v) is 9.98. The van der Waals surface area contributed by atoms with E-state index in [1.807, 2.05) is 45.0 Å². The van der Waals surface area contributed by atoms with Crippen molar-refractivity contribution < 1.29 is 23.9 Å². The normalized spacial score (nSPS) is 24.0. The molecule has 1 saturated heterocycles. The molecular formula is C23H27NO5. The Balaban J connectivity index is 1.41. The molecule has 1 aliphatic heterocycles. The van der Waals surface area contributed by atoms with Gasteiger partial charge >= 0.3 is 5.97 Å². The van der Waals surface area contributed by atoms with Crippen LogP contribution in [0, 0.1) is 17.8 Å². The van der Waals surface area contributed by atoms with Gasteiger partial charge in [0, 0.05) is 12.0 Å². The van der Waals surface area contributed by atoms with Crippen LogP contribution in [0.5, 0.6) is 0 Å². The fourth-order valence-corrected chi connectivity index (χ4v) is 3.39. The van der Waals surface area contributed by atoms with Crippen molar-refractivity contribution in [2.45, 2.75) is 64.1 Å². The zero-order valence-corrected chi connectivity index (χ0v) is 17.1. The van der Waals surface area contributed by atoms with Gasteiger partial charge in [-0.25, -0.2) is 0 Å². The van der Waals surface area contributed by atoms with Crippen molar-refractivity contribution in [3.8, 4) is 11.8 Å². The average molecular weight is 397 g/mol. The van der Waals surface area contributed by atoms with Gasteiger partial charge in [-0.2, -0.15) is 0 Å². The van der Waals surface area contributed by atoms with Crippen LogP contribution in [0.15, 0.2) is 24.3 Å². The van der Waals surface area contributed by atoms with Crippen molar-refractivity contribution in [1.82, 2.24) is 5.32 Å². The van der Waals surface area contributed by atoms with Crippen molar-refractivity contribution in [2.75, 3.05) is 6.61 Å². The Hall–Kier alpha value is -2.65. The lowest BCUT2D eigenvalue weighted by atomic mass is 9.82. The maximum absolute atomic E-state index is 11.9. The Morgan fingerprint density at radius 2 is 1.86 bits per heavy atom. The molecule has 1 aromatic carbocycles. The van der Waals surface area contributed by atoms with Gasteiger partial charge in [0.2, 0.25) is 11.8 Å². The van der Waals surface area contributed by atoms with Crippen LogP contribution in [0.4, 0.5) is 0 Å². The largest absolute Gasteiger partial charge is 0.460 e. The van der Waals surface area contributed by atoms with Crippen LogP contribution in [-0.2, 0) is 23.9 Å². The summed E-state index contributed by atoms with van der Waals surface area (Å²) in [5.74, 6) is 5.06. The molecule has 2 aliphatic rings. The van der Waals surface area contributed by atoms with Gasteiger partial charge in [-0.1, -0.05) is 24.0 Å². The molecule has 0 radical (unpaired) electrons. The maximum atomic E-state index is 11.9. The highest BCUT2D eigenvalue weighted by Crippen LogP contribution is 2.32. The lowest BCUT2D eigenvalue weighted by molar-refractivity contribution is -0.168. The van der Waals surface area contributed by atoms with Crippen LogP contribution in [0.25, 0.3) is 0 Å². The van der Waals surface area contributed by atoms with Gasteiger partial charge < -0.3 is 9.47 Å². The van der Waals surface area contributed by atoms with Gasteiger partial charge in [0.05, 0.1) is 17.9 Å². The number of carbonyl (C=O) groups is 3. The molecule has 0 spiro atoms. The van der Waals surface area contributed by atoms with Gasteiger partial charge in [-0.05, 0) is 57.7 Å². The molecular weight excluding hydrogens is 370 g/mol. The third kappa shape index (κ3) is 5.91. The van der Waals surface area contributed by atoms with Crippen molar-refractivity contribution in [1.29, 1.82) is 0 Å². The first-order valence-electron chi connectivity index (χ1n) is 9.98. The zero-order chi connectivity index (χ0) is 21.0. The van der Waals surface area contributed by atoms with Crippen LogP contribution in [0.1, 0.15) is 63.5 Å². The van der Waals surface area contributed by atoms with Crippen molar-refractivity contribution >= 4 is 17.8 Å². The van der Waals surface area contributed by atoms with E-state index >= 15 is 0 Å². The van der Waals surface area contributed by atoms with Gasteiger partial charge in [0.1, 0.15) is 12.2 Å². The summed E-state index contributed by atoms with van der Waals surface area (Å²) >= 11 is 0. The number of carbonyl (C=O) groups excluding carboxylic acids is 3. The molecule has 2 fully saturated rings. The highest BCUT2D eigenvalue weighted by molar-refractivity contribution is 6.00. The Morgan fingerprint density at radius 1 is 1.17 bits per heavy atom. The van der Waals surface area contributed by atoms with E-state index in [1.165, 1.54) is 0 Å². The van der Waals surface area contributed by atoms with E-state index < -0.39 is 5.60 Å². The number of imide groups is 1. The molecule has 6 heteroatoms. The minimum Gasteiger partial charge on any atom is -0.460 e. The zero-order valence-electron chi connectivity index (χ0n) is 17.1. The van der Waals surface area contributed by atoms with E-state index in [9.17, 15) is 14.4 Å². The fraction of sp³-hybridized carbons (Fsp3) is 0.522. The number of benzene rings is 1. The monoisotopic (exact) mass is 397 g/mol. The molecule has 1 heterocycles.